The van der Waals surface area contributed by atoms with E-state index >= 15 is 0 Å². The predicted molar refractivity (Wildman–Crippen MR) is 46.3 cm³/mol. The van der Waals surface area contributed by atoms with Crippen LogP contribution in [0.3, 0.4) is 0 Å². The topological polar surface area (TPSA) is 29.1 Å². The maximum Gasteiger partial charge on any atom is 0.401 e. The molecule has 0 heterocycles. The molecule has 0 radical (unpaired) electrons. The fraction of sp³-hybridized carbons (Fsp3) is 0.125. The molecule has 0 aromatic heterocycles. The standard InChI is InChI=1S/C8H7ClFNO/c1-5-2-3-6(4-7(5)9)11-8(10)12/h2-4H,1H3,(H,11,12). The second kappa shape index (κ2) is 3.54. The summed E-state index contributed by atoms with van der Waals surface area (Å²) in [5.74, 6) is 0. The predicted octanol–water partition coefficient (Wildman–Crippen LogP) is 3.15. The third-order valence-electron chi connectivity index (χ3n) is 1.41. The Hall–Kier alpha value is -1.09. The van der Waals surface area contributed by atoms with Crippen LogP contribution in [0.2, 0.25) is 5.02 Å². The number of hydrogen-bond donors (Lipinski definition) is 1. The van der Waals surface area contributed by atoms with Crippen LogP contribution in [0.15, 0.2) is 18.2 Å². The molecule has 0 spiro atoms. The van der Waals surface area contributed by atoms with Gasteiger partial charge in [0.1, 0.15) is 0 Å². The molecular formula is C8H7ClFNO. The largest absolute Gasteiger partial charge is 0.401 e. The highest BCUT2D eigenvalue weighted by Crippen LogP contribution is 2.19. The Morgan fingerprint density at radius 3 is 2.75 bits per heavy atom. The molecule has 0 saturated carbocycles. The van der Waals surface area contributed by atoms with Gasteiger partial charge in [0.25, 0.3) is 0 Å². The van der Waals surface area contributed by atoms with Crippen LogP contribution in [0.4, 0.5) is 14.9 Å². The van der Waals surface area contributed by atoms with Crippen LogP contribution in [-0.2, 0) is 0 Å². The van der Waals surface area contributed by atoms with Gasteiger partial charge in [0.05, 0.1) is 0 Å². The van der Waals surface area contributed by atoms with Gasteiger partial charge in [-0.1, -0.05) is 17.7 Å². The number of carbonyl (C=O) groups excluding carboxylic acids is 1. The van der Waals surface area contributed by atoms with Crippen LogP contribution in [-0.4, -0.2) is 6.16 Å². The molecule has 0 aliphatic heterocycles. The van der Waals surface area contributed by atoms with Crippen molar-refractivity contribution >= 4 is 23.4 Å². The smallest absolute Gasteiger partial charge is 0.298 e. The molecule has 2 nitrogen and oxygen atoms in total. The van der Waals surface area contributed by atoms with Crippen molar-refractivity contribution in [2.24, 2.45) is 0 Å². The molecule has 0 bridgehead atoms. The fourth-order valence-electron chi connectivity index (χ4n) is 0.784. The first-order chi connectivity index (χ1) is 5.59. The van der Waals surface area contributed by atoms with E-state index in [-0.39, 0.29) is 0 Å². The number of halogens is 2. The van der Waals surface area contributed by atoms with E-state index < -0.39 is 6.16 Å². The van der Waals surface area contributed by atoms with E-state index in [1.165, 1.54) is 6.07 Å². The van der Waals surface area contributed by atoms with Crippen LogP contribution in [0.25, 0.3) is 0 Å². The Morgan fingerprint density at radius 2 is 2.25 bits per heavy atom. The number of benzene rings is 1. The van der Waals surface area contributed by atoms with E-state index in [2.05, 4.69) is 0 Å². The Kier molecular flexibility index (Phi) is 2.65. The van der Waals surface area contributed by atoms with E-state index in [9.17, 15) is 9.18 Å². The number of hydrogen-bond acceptors (Lipinski definition) is 1. The lowest BCUT2D eigenvalue weighted by molar-refractivity contribution is 0.235. The number of carbonyl (C=O) groups is 1. The van der Waals surface area contributed by atoms with Gasteiger partial charge in [-0.25, -0.2) is 4.79 Å². The molecule has 0 aliphatic carbocycles. The average molecular weight is 188 g/mol. The summed E-state index contributed by atoms with van der Waals surface area (Å²) in [5, 5.41) is 2.48. The lowest BCUT2D eigenvalue weighted by atomic mass is 10.2. The molecule has 0 saturated heterocycles. The number of anilines is 1. The second-order valence-corrected chi connectivity index (χ2v) is 2.77. The first-order valence-corrected chi connectivity index (χ1v) is 3.70. The highest BCUT2D eigenvalue weighted by Gasteiger charge is 2.00. The lowest BCUT2D eigenvalue weighted by Crippen LogP contribution is -2.01. The van der Waals surface area contributed by atoms with Crippen molar-refractivity contribution in [3.63, 3.8) is 0 Å². The fourth-order valence-corrected chi connectivity index (χ4v) is 0.965. The Labute approximate surface area is 74.3 Å². The molecule has 64 valence electrons. The molecule has 0 fully saturated rings. The van der Waals surface area contributed by atoms with Crippen molar-refractivity contribution in [2.45, 2.75) is 6.92 Å². The number of rotatable bonds is 1. The molecule has 0 aliphatic rings. The monoisotopic (exact) mass is 187 g/mol. The summed E-state index contributed by atoms with van der Waals surface area (Å²) in [4.78, 5) is 9.99. The van der Waals surface area contributed by atoms with Gasteiger partial charge in [-0.2, -0.15) is 0 Å². The zero-order valence-corrected chi connectivity index (χ0v) is 7.15. The van der Waals surface area contributed by atoms with Gasteiger partial charge in [-0.15, -0.1) is 4.39 Å². The van der Waals surface area contributed by atoms with E-state index in [4.69, 9.17) is 11.6 Å². The Morgan fingerprint density at radius 1 is 1.58 bits per heavy atom. The zero-order valence-electron chi connectivity index (χ0n) is 6.40. The minimum absolute atomic E-state index is 0.359. The van der Waals surface area contributed by atoms with Crippen LogP contribution < -0.4 is 5.32 Å². The third-order valence-corrected chi connectivity index (χ3v) is 1.82. The quantitative estimate of drug-likeness (QED) is 0.531. The van der Waals surface area contributed by atoms with Gasteiger partial charge in [0.2, 0.25) is 0 Å². The third kappa shape index (κ3) is 2.20. The lowest BCUT2D eigenvalue weighted by Gasteiger charge is -2.01. The molecule has 1 amide bonds. The highest BCUT2D eigenvalue weighted by atomic mass is 35.5. The van der Waals surface area contributed by atoms with Crippen molar-refractivity contribution in [3.8, 4) is 0 Å². The highest BCUT2D eigenvalue weighted by molar-refractivity contribution is 6.31. The summed E-state index contributed by atoms with van der Waals surface area (Å²) in [7, 11) is 0. The van der Waals surface area contributed by atoms with Crippen LogP contribution in [0, 0.1) is 6.92 Å². The minimum atomic E-state index is -1.59. The van der Waals surface area contributed by atoms with Crippen LogP contribution >= 0.6 is 11.6 Å². The summed E-state index contributed by atoms with van der Waals surface area (Å²) in [6.07, 6.45) is -1.59. The summed E-state index contributed by atoms with van der Waals surface area (Å²) >= 11 is 5.72. The summed E-state index contributed by atoms with van der Waals surface area (Å²) < 4.78 is 11.8. The van der Waals surface area contributed by atoms with Crippen molar-refractivity contribution in [1.29, 1.82) is 0 Å². The Balaban J connectivity index is 2.89. The summed E-state index contributed by atoms with van der Waals surface area (Å²) in [6, 6.07) is 4.78. The van der Waals surface area contributed by atoms with Crippen molar-refractivity contribution in [3.05, 3.63) is 28.8 Å². The SMILES string of the molecule is Cc1ccc(NC(=O)F)cc1Cl. The maximum absolute atomic E-state index is 11.8. The van der Waals surface area contributed by atoms with Crippen molar-refractivity contribution < 1.29 is 9.18 Å². The van der Waals surface area contributed by atoms with Gasteiger partial charge in [0, 0.05) is 10.7 Å². The van der Waals surface area contributed by atoms with Gasteiger partial charge < -0.3 is 0 Å². The van der Waals surface area contributed by atoms with E-state index in [1.807, 2.05) is 12.2 Å². The summed E-state index contributed by atoms with van der Waals surface area (Å²) in [5.41, 5.74) is 1.24. The summed E-state index contributed by atoms with van der Waals surface area (Å²) in [6.45, 7) is 1.82. The first-order valence-electron chi connectivity index (χ1n) is 3.32. The molecule has 1 aromatic carbocycles. The number of amides is 1. The minimum Gasteiger partial charge on any atom is -0.298 e. The van der Waals surface area contributed by atoms with Gasteiger partial charge in [-0.3, -0.25) is 5.32 Å². The normalized spacial score (nSPS) is 9.58. The molecule has 4 heteroatoms. The maximum atomic E-state index is 11.8. The van der Waals surface area contributed by atoms with E-state index in [1.54, 1.807) is 12.1 Å². The number of aryl methyl sites for hydroxylation is 1. The van der Waals surface area contributed by atoms with Gasteiger partial charge in [-0.05, 0) is 24.6 Å². The molecular weight excluding hydrogens is 181 g/mol. The molecule has 1 N–H and O–H groups in total. The molecule has 1 rings (SSSR count). The van der Waals surface area contributed by atoms with E-state index in [0.29, 0.717) is 10.7 Å². The van der Waals surface area contributed by atoms with Gasteiger partial charge in [0.15, 0.2) is 0 Å². The molecule has 1 aromatic rings. The molecule has 12 heavy (non-hydrogen) atoms. The van der Waals surface area contributed by atoms with Crippen LogP contribution in [0.1, 0.15) is 5.56 Å². The molecule has 0 unspecified atom stereocenters. The average Bonchev–Trinajstić information content (AvgIpc) is 1.96. The van der Waals surface area contributed by atoms with Crippen molar-refractivity contribution in [2.75, 3.05) is 5.32 Å². The van der Waals surface area contributed by atoms with Crippen LogP contribution in [0.5, 0.6) is 0 Å². The zero-order chi connectivity index (χ0) is 9.14. The first kappa shape index (κ1) is 9.00. The van der Waals surface area contributed by atoms with E-state index in [0.717, 1.165) is 5.56 Å². The molecule has 0 atom stereocenters. The number of nitrogens with one attached hydrogen (secondary N) is 1. The van der Waals surface area contributed by atoms with Crippen molar-refractivity contribution in [1.82, 2.24) is 0 Å². The Bertz CT molecular complexity index is 314. The second-order valence-electron chi connectivity index (χ2n) is 2.36. The van der Waals surface area contributed by atoms with Gasteiger partial charge >= 0.3 is 6.16 Å².